The minimum atomic E-state index is -0.771. The van der Waals surface area contributed by atoms with Crippen LogP contribution in [0.15, 0.2) is 30.3 Å². The quantitative estimate of drug-likeness (QED) is 0.889. The minimum Gasteiger partial charge on any atom is -0.484 e. The predicted octanol–water partition coefficient (Wildman–Crippen LogP) is 1.79. The maximum absolute atomic E-state index is 12.2. The van der Waals surface area contributed by atoms with Crippen molar-refractivity contribution in [3.8, 4) is 5.75 Å². The summed E-state index contributed by atoms with van der Waals surface area (Å²) in [4.78, 5) is 25.3. The predicted molar refractivity (Wildman–Crippen MR) is 86.7 cm³/mol. The van der Waals surface area contributed by atoms with E-state index in [0.29, 0.717) is 31.9 Å². The molecule has 0 spiro atoms. The molecule has 24 heavy (non-hydrogen) atoms. The summed E-state index contributed by atoms with van der Waals surface area (Å²) in [5.41, 5.74) is 0. The lowest BCUT2D eigenvalue weighted by molar-refractivity contribution is -0.146. The van der Waals surface area contributed by atoms with Gasteiger partial charge in [-0.05, 0) is 37.3 Å². The van der Waals surface area contributed by atoms with Gasteiger partial charge in [0.2, 0.25) is 0 Å². The summed E-state index contributed by atoms with van der Waals surface area (Å²) in [7, 11) is 0. The fourth-order valence-corrected chi connectivity index (χ4v) is 3.57. The van der Waals surface area contributed by atoms with Crippen molar-refractivity contribution in [1.29, 1.82) is 0 Å². The van der Waals surface area contributed by atoms with E-state index in [2.05, 4.69) is 0 Å². The third kappa shape index (κ3) is 3.87. The van der Waals surface area contributed by atoms with Crippen LogP contribution >= 0.6 is 0 Å². The second kappa shape index (κ2) is 7.66. The van der Waals surface area contributed by atoms with Crippen molar-refractivity contribution in [1.82, 2.24) is 4.90 Å². The number of aliphatic carboxylic acids is 1. The highest BCUT2D eigenvalue weighted by molar-refractivity contribution is 5.77. The Morgan fingerprint density at radius 1 is 1.17 bits per heavy atom. The van der Waals surface area contributed by atoms with Gasteiger partial charge in [0.1, 0.15) is 5.75 Å². The molecule has 2 fully saturated rings. The van der Waals surface area contributed by atoms with E-state index in [1.165, 1.54) is 0 Å². The number of carbonyl (C=O) groups excluding carboxylic acids is 1. The van der Waals surface area contributed by atoms with Crippen LogP contribution in [-0.4, -0.2) is 54.3 Å². The molecule has 2 aliphatic heterocycles. The van der Waals surface area contributed by atoms with Crippen LogP contribution in [0.3, 0.4) is 0 Å². The summed E-state index contributed by atoms with van der Waals surface area (Å²) >= 11 is 0. The Morgan fingerprint density at radius 3 is 2.54 bits per heavy atom. The smallest absolute Gasteiger partial charge is 0.309 e. The molecule has 2 atom stereocenters. The second-order valence-electron chi connectivity index (χ2n) is 6.39. The Labute approximate surface area is 141 Å². The molecule has 2 saturated heterocycles. The molecule has 6 nitrogen and oxygen atoms in total. The summed E-state index contributed by atoms with van der Waals surface area (Å²) < 4.78 is 11.2. The number of rotatable bonds is 5. The zero-order valence-electron chi connectivity index (χ0n) is 13.6. The van der Waals surface area contributed by atoms with Crippen LogP contribution in [-0.2, 0) is 14.3 Å². The first-order valence-corrected chi connectivity index (χ1v) is 8.45. The lowest BCUT2D eigenvalue weighted by atomic mass is 9.84. The van der Waals surface area contributed by atoms with Gasteiger partial charge in [-0.25, -0.2) is 0 Å². The molecule has 130 valence electrons. The molecule has 1 aromatic rings. The van der Waals surface area contributed by atoms with Crippen molar-refractivity contribution in [3.05, 3.63) is 30.3 Å². The van der Waals surface area contributed by atoms with Gasteiger partial charge in [-0.1, -0.05) is 18.2 Å². The fraction of sp³-hybridized carbons (Fsp3) is 0.556. The number of carboxylic acids is 1. The lowest BCUT2D eigenvalue weighted by Gasteiger charge is -2.35. The molecular weight excluding hydrogens is 310 g/mol. The average molecular weight is 333 g/mol. The van der Waals surface area contributed by atoms with Crippen molar-refractivity contribution < 1.29 is 24.2 Å². The van der Waals surface area contributed by atoms with Gasteiger partial charge >= 0.3 is 5.97 Å². The summed E-state index contributed by atoms with van der Waals surface area (Å²) in [6, 6.07) is 9.28. The molecule has 2 aliphatic rings. The van der Waals surface area contributed by atoms with E-state index in [4.69, 9.17) is 9.47 Å². The van der Waals surface area contributed by atoms with Gasteiger partial charge in [0.05, 0.1) is 12.0 Å². The highest BCUT2D eigenvalue weighted by Crippen LogP contribution is 2.33. The molecule has 3 rings (SSSR count). The van der Waals surface area contributed by atoms with E-state index >= 15 is 0 Å². The molecule has 0 radical (unpaired) electrons. The van der Waals surface area contributed by atoms with Gasteiger partial charge < -0.3 is 19.5 Å². The number of ether oxygens (including phenoxy) is 2. The number of carbonyl (C=O) groups is 2. The van der Waals surface area contributed by atoms with Gasteiger partial charge in [-0.3, -0.25) is 9.59 Å². The number of nitrogens with zero attached hydrogens (tertiary/aromatic N) is 1. The van der Waals surface area contributed by atoms with Crippen LogP contribution in [0, 0.1) is 11.8 Å². The standard InChI is InChI=1S/C18H23NO5/c20-16(12-24-14-4-2-1-3-5-14)19-9-6-13(7-10-19)17-15(18(21)22)8-11-23-17/h1-5,13,15,17H,6-12H2,(H,21,22)/t15?,17-/m0/s1. The fourth-order valence-electron chi connectivity index (χ4n) is 3.57. The van der Waals surface area contributed by atoms with Crippen LogP contribution in [0.1, 0.15) is 19.3 Å². The van der Waals surface area contributed by atoms with E-state index in [1.807, 2.05) is 30.3 Å². The number of hydrogen-bond donors (Lipinski definition) is 1. The number of hydrogen-bond acceptors (Lipinski definition) is 4. The van der Waals surface area contributed by atoms with Crippen LogP contribution in [0.5, 0.6) is 5.75 Å². The van der Waals surface area contributed by atoms with E-state index < -0.39 is 11.9 Å². The maximum Gasteiger partial charge on any atom is 0.309 e. The summed E-state index contributed by atoms with van der Waals surface area (Å²) in [6.07, 6.45) is 1.95. The Morgan fingerprint density at radius 2 is 1.88 bits per heavy atom. The van der Waals surface area contributed by atoms with Gasteiger partial charge in [0.15, 0.2) is 6.61 Å². The zero-order chi connectivity index (χ0) is 16.9. The minimum absolute atomic E-state index is 0.0283. The summed E-state index contributed by atoms with van der Waals surface area (Å²) in [5, 5.41) is 9.27. The van der Waals surface area contributed by atoms with Crippen molar-refractivity contribution in [2.24, 2.45) is 11.8 Å². The van der Waals surface area contributed by atoms with Crippen LogP contribution in [0.4, 0.5) is 0 Å². The summed E-state index contributed by atoms with van der Waals surface area (Å²) in [6.45, 7) is 1.82. The first-order valence-electron chi connectivity index (χ1n) is 8.45. The van der Waals surface area contributed by atoms with Crippen molar-refractivity contribution in [2.45, 2.75) is 25.4 Å². The lowest BCUT2D eigenvalue weighted by Crippen LogP contribution is -2.44. The SMILES string of the molecule is O=C(O)C1CCO[C@H]1C1CCN(C(=O)COc2ccccc2)CC1. The number of carboxylic acid groups (broad SMARTS) is 1. The number of piperidine rings is 1. The average Bonchev–Trinajstić information content (AvgIpc) is 3.11. The third-order valence-electron chi connectivity index (χ3n) is 4.92. The largest absolute Gasteiger partial charge is 0.484 e. The number of para-hydroxylation sites is 1. The monoisotopic (exact) mass is 333 g/mol. The first kappa shape index (κ1) is 16.8. The maximum atomic E-state index is 12.2. The second-order valence-corrected chi connectivity index (χ2v) is 6.39. The Balaban J connectivity index is 1.46. The van der Waals surface area contributed by atoms with Crippen LogP contribution in [0.25, 0.3) is 0 Å². The Bertz CT molecular complexity index is 568. The number of likely N-dealkylation sites (tertiary alicyclic amines) is 1. The molecular formula is C18H23NO5. The zero-order valence-corrected chi connectivity index (χ0v) is 13.6. The van der Waals surface area contributed by atoms with Crippen LogP contribution < -0.4 is 4.74 Å². The van der Waals surface area contributed by atoms with Gasteiger partial charge in [-0.2, -0.15) is 0 Å². The van der Waals surface area contributed by atoms with E-state index in [9.17, 15) is 14.7 Å². The molecule has 1 aromatic carbocycles. The molecule has 0 aromatic heterocycles. The molecule has 6 heteroatoms. The van der Waals surface area contributed by atoms with Crippen molar-refractivity contribution in [3.63, 3.8) is 0 Å². The molecule has 0 bridgehead atoms. The van der Waals surface area contributed by atoms with Crippen molar-refractivity contribution in [2.75, 3.05) is 26.3 Å². The van der Waals surface area contributed by atoms with E-state index in [1.54, 1.807) is 4.90 Å². The first-order chi connectivity index (χ1) is 11.6. The molecule has 1 unspecified atom stereocenters. The molecule has 1 N–H and O–H groups in total. The molecule has 1 amide bonds. The Kier molecular flexibility index (Phi) is 5.35. The highest BCUT2D eigenvalue weighted by atomic mass is 16.5. The molecule has 0 aliphatic carbocycles. The van der Waals surface area contributed by atoms with Gasteiger partial charge in [0.25, 0.3) is 5.91 Å². The molecule has 0 saturated carbocycles. The van der Waals surface area contributed by atoms with Gasteiger partial charge in [0, 0.05) is 19.7 Å². The number of benzene rings is 1. The van der Waals surface area contributed by atoms with Crippen molar-refractivity contribution >= 4 is 11.9 Å². The highest BCUT2D eigenvalue weighted by Gasteiger charge is 2.40. The summed E-state index contributed by atoms with van der Waals surface area (Å²) in [5.74, 6) is -0.303. The Hall–Kier alpha value is -2.08. The van der Waals surface area contributed by atoms with Gasteiger partial charge in [-0.15, -0.1) is 0 Å². The van der Waals surface area contributed by atoms with Crippen LogP contribution in [0.2, 0.25) is 0 Å². The number of amides is 1. The normalized spacial score (nSPS) is 24.8. The molecule has 2 heterocycles. The van der Waals surface area contributed by atoms with E-state index in [0.717, 1.165) is 12.8 Å². The van der Waals surface area contributed by atoms with E-state index in [-0.39, 0.29) is 24.5 Å². The third-order valence-corrected chi connectivity index (χ3v) is 4.92. The topological polar surface area (TPSA) is 76.1 Å².